The van der Waals surface area contributed by atoms with Crippen molar-refractivity contribution in [2.45, 2.75) is 31.7 Å². The van der Waals surface area contributed by atoms with Crippen LogP contribution in [0.5, 0.6) is 5.75 Å². The van der Waals surface area contributed by atoms with Crippen molar-refractivity contribution in [1.82, 2.24) is 10.2 Å². The van der Waals surface area contributed by atoms with E-state index in [9.17, 15) is 19.2 Å². The first-order valence-electron chi connectivity index (χ1n) is 8.22. The summed E-state index contributed by atoms with van der Waals surface area (Å²) < 4.78 is 5.64. The lowest BCUT2D eigenvalue weighted by molar-refractivity contribution is -0.136. The molecule has 3 N–H and O–H groups in total. The van der Waals surface area contributed by atoms with Crippen molar-refractivity contribution < 1.29 is 23.9 Å². The monoisotopic (exact) mass is 381 g/mol. The first-order chi connectivity index (χ1) is 12.0. The number of halogens is 1. The third-order valence-electron chi connectivity index (χ3n) is 4.29. The number of rotatable bonds is 6. The van der Waals surface area contributed by atoms with Crippen molar-refractivity contribution in [3.63, 3.8) is 0 Å². The molecule has 1 aromatic carbocycles. The molecule has 0 radical (unpaired) electrons. The number of nitrogens with zero attached hydrogens (tertiary/aromatic N) is 1. The summed E-state index contributed by atoms with van der Waals surface area (Å²) in [6.07, 6.45) is 1.75. The maximum Gasteiger partial charge on any atom is 0.266 e. The van der Waals surface area contributed by atoms with Crippen LogP contribution in [0.4, 0.5) is 0 Å². The number of nitrogens with one attached hydrogen (secondary N) is 1. The van der Waals surface area contributed by atoms with E-state index in [1.807, 2.05) is 0 Å². The molecule has 1 aromatic rings. The highest BCUT2D eigenvalue weighted by Crippen LogP contribution is 2.33. The van der Waals surface area contributed by atoms with E-state index in [1.54, 1.807) is 12.1 Å². The fraction of sp³-hybridized carbons (Fsp3) is 0.412. The Morgan fingerprint density at radius 1 is 1.15 bits per heavy atom. The van der Waals surface area contributed by atoms with E-state index >= 15 is 0 Å². The molecule has 8 nitrogen and oxygen atoms in total. The average Bonchev–Trinajstić information content (AvgIpc) is 2.84. The molecule has 0 aliphatic carbocycles. The Labute approximate surface area is 156 Å². The predicted molar refractivity (Wildman–Crippen MR) is 94.1 cm³/mol. The molecule has 1 saturated heterocycles. The highest BCUT2D eigenvalue weighted by molar-refractivity contribution is 6.24. The average molecular weight is 382 g/mol. The van der Waals surface area contributed by atoms with Gasteiger partial charge in [-0.2, -0.15) is 0 Å². The summed E-state index contributed by atoms with van der Waals surface area (Å²) in [6.45, 7) is 0.935. The van der Waals surface area contributed by atoms with E-state index in [-0.39, 0.29) is 36.4 Å². The van der Waals surface area contributed by atoms with Gasteiger partial charge in [0.15, 0.2) is 0 Å². The molecule has 140 valence electrons. The summed E-state index contributed by atoms with van der Waals surface area (Å²) in [5.41, 5.74) is 5.82. The quantitative estimate of drug-likeness (QED) is 0.551. The van der Waals surface area contributed by atoms with Crippen LogP contribution in [0.3, 0.4) is 0 Å². The van der Waals surface area contributed by atoms with E-state index < -0.39 is 29.7 Å². The topological polar surface area (TPSA) is 119 Å². The summed E-state index contributed by atoms with van der Waals surface area (Å²) in [5.74, 6) is -1.81. The number of unbranched alkanes of at least 4 members (excludes halogenated alkanes) is 1. The Balaban J connectivity index is 0.00000243. The van der Waals surface area contributed by atoms with Gasteiger partial charge in [0, 0.05) is 6.42 Å². The van der Waals surface area contributed by atoms with Gasteiger partial charge in [-0.25, -0.2) is 0 Å². The van der Waals surface area contributed by atoms with E-state index in [4.69, 9.17) is 10.5 Å². The number of hydrogen-bond acceptors (Lipinski definition) is 6. The molecule has 0 spiro atoms. The van der Waals surface area contributed by atoms with E-state index in [0.29, 0.717) is 18.9 Å². The molecule has 0 saturated carbocycles. The van der Waals surface area contributed by atoms with Crippen molar-refractivity contribution in [3.8, 4) is 5.75 Å². The zero-order valence-electron chi connectivity index (χ0n) is 14.0. The highest BCUT2D eigenvalue weighted by atomic mass is 35.5. The Morgan fingerprint density at radius 3 is 2.62 bits per heavy atom. The van der Waals surface area contributed by atoms with Gasteiger partial charge in [-0.05, 0) is 37.9 Å². The SMILES string of the molecule is Cl.NCCCCOc1cccc2c1C(=O)N(C1CCC(=O)NC1=O)C2=O. The third kappa shape index (κ3) is 3.56. The fourth-order valence-electron chi connectivity index (χ4n) is 3.03. The van der Waals surface area contributed by atoms with Crippen molar-refractivity contribution in [2.75, 3.05) is 13.2 Å². The van der Waals surface area contributed by atoms with Crippen LogP contribution in [0, 0.1) is 0 Å². The molecule has 4 amide bonds. The second-order valence-corrected chi connectivity index (χ2v) is 5.97. The third-order valence-corrected chi connectivity index (χ3v) is 4.29. The molecule has 2 aliphatic rings. The van der Waals surface area contributed by atoms with Crippen LogP contribution in [0.1, 0.15) is 46.4 Å². The van der Waals surface area contributed by atoms with Gasteiger partial charge in [-0.3, -0.25) is 29.4 Å². The van der Waals surface area contributed by atoms with Crippen LogP contribution >= 0.6 is 12.4 Å². The maximum atomic E-state index is 12.8. The minimum absolute atomic E-state index is 0. The number of benzene rings is 1. The standard InChI is InChI=1S/C17H19N3O5.ClH/c18-8-1-2-9-25-12-5-3-4-10-14(12)17(24)20(16(10)23)11-6-7-13(21)19-15(11)22;/h3-5,11H,1-2,6-9,18H2,(H,19,21,22);1H. The molecular weight excluding hydrogens is 362 g/mol. The molecule has 2 heterocycles. The number of imide groups is 2. The predicted octanol–water partition coefficient (Wildman–Crippen LogP) is 0.627. The van der Waals surface area contributed by atoms with Crippen LogP contribution in [0.25, 0.3) is 0 Å². The van der Waals surface area contributed by atoms with Gasteiger partial charge in [-0.15, -0.1) is 12.4 Å². The van der Waals surface area contributed by atoms with Crippen LogP contribution in [-0.2, 0) is 9.59 Å². The lowest BCUT2D eigenvalue weighted by atomic mass is 10.0. The van der Waals surface area contributed by atoms with Crippen molar-refractivity contribution in [1.29, 1.82) is 0 Å². The second kappa shape index (κ2) is 8.29. The summed E-state index contributed by atoms with van der Waals surface area (Å²) in [7, 11) is 0. The second-order valence-electron chi connectivity index (χ2n) is 5.97. The number of fused-ring (bicyclic) bond motifs is 1. The molecule has 0 aromatic heterocycles. The minimum atomic E-state index is -0.977. The summed E-state index contributed by atoms with van der Waals surface area (Å²) >= 11 is 0. The van der Waals surface area contributed by atoms with Crippen LogP contribution in [0.2, 0.25) is 0 Å². The van der Waals surface area contributed by atoms with Crippen molar-refractivity contribution >= 4 is 36.0 Å². The van der Waals surface area contributed by atoms with Gasteiger partial charge >= 0.3 is 0 Å². The smallest absolute Gasteiger partial charge is 0.266 e. The highest BCUT2D eigenvalue weighted by Gasteiger charge is 2.45. The molecule has 1 unspecified atom stereocenters. The number of ether oxygens (including phenoxy) is 1. The molecule has 1 atom stereocenters. The lowest BCUT2D eigenvalue weighted by Crippen LogP contribution is -2.54. The largest absolute Gasteiger partial charge is 0.493 e. The number of amides is 4. The zero-order valence-corrected chi connectivity index (χ0v) is 14.8. The zero-order chi connectivity index (χ0) is 18.0. The number of hydrogen-bond donors (Lipinski definition) is 2. The Bertz CT molecular complexity index is 752. The first-order valence-corrected chi connectivity index (χ1v) is 8.22. The van der Waals surface area contributed by atoms with Crippen LogP contribution in [-0.4, -0.2) is 47.7 Å². The van der Waals surface area contributed by atoms with Gasteiger partial charge in [0.1, 0.15) is 11.8 Å². The number of nitrogens with two attached hydrogens (primary N) is 1. The molecule has 9 heteroatoms. The van der Waals surface area contributed by atoms with Gasteiger partial charge in [-0.1, -0.05) is 6.07 Å². The Morgan fingerprint density at radius 2 is 1.92 bits per heavy atom. The van der Waals surface area contributed by atoms with E-state index in [0.717, 1.165) is 17.7 Å². The molecule has 3 rings (SSSR count). The normalized spacial score (nSPS) is 19.1. The summed E-state index contributed by atoms with van der Waals surface area (Å²) in [6, 6.07) is 3.82. The van der Waals surface area contributed by atoms with Gasteiger partial charge in [0.2, 0.25) is 11.8 Å². The van der Waals surface area contributed by atoms with E-state index in [1.165, 1.54) is 6.07 Å². The number of carbonyl (C=O) groups excluding carboxylic acids is 4. The molecule has 26 heavy (non-hydrogen) atoms. The number of piperidine rings is 1. The maximum absolute atomic E-state index is 12.8. The lowest BCUT2D eigenvalue weighted by Gasteiger charge is -2.27. The van der Waals surface area contributed by atoms with Gasteiger partial charge < -0.3 is 10.5 Å². The Kier molecular flexibility index (Phi) is 6.33. The fourth-order valence-corrected chi connectivity index (χ4v) is 3.03. The minimum Gasteiger partial charge on any atom is -0.493 e. The van der Waals surface area contributed by atoms with E-state index in [2.05, 4.69) is 5.32 Å². The number of carbonyl (C=O) groups is 4. The Hall–Kier alpha value is -2.45. The van der Waals surface area contributed by atoms with Crippen molar-refractivity contribution in [3.05, 3.63) is 29.3 Å². The molecule has 2 aliphatic heterocycles. The summed E-state index contributed by atoms with van der Waals surface area (Å²) in [4.78, 5) is 49.7. The first kappa shape index (κ1) is 19.9. The molecular formula is C17H20ClN3O5. The van der Waals surface area contributed by atoms with Gasteiger partial charge in [0.25, 0.3) is 11.8 Å². The van der Waals surface area contributed by atoms with Crippen LogP contribution in [0.15, 0.2) is 18.2 Å². The summed E-state index contributed by atoms with van der Waals surface area (Å²) in [5, 5.41) is 2.17. The molecule has 1 fully saturated rings. The van der Waals surface area contributed by atoms with Crippen LogP contribution < -0.4 is 15.8 Å². The molecule has 0 bridgehead atoms. The van der Waals surface area contributed by atoms with Crippen molar-refractivity contribution in [2.24, 2.45) is 5.73 Å². The van der Waals surface area contributed by atoms with Gasteiger partial charge in [0.05, 0.1) is 17.7 Å².